The number of sulfonamides is 1. The molecule has 0 rings (SSSR count). The predicted molar refractivity (Wildman–Crippen MR) is 64.3 cm³/mol. The molecule has 0 saturated heterocycles. The molecule has 0 aliphatic heterocycles. The summed E-state index contributed by atoms with van der Waals surface area (Å²) in [5, 5.41) is 7.69. The van der Waals surface area contributed by atoms with E-state index < -0.39 is 37.0 Å². The van der Waals surface area contributed by atoms with Gasteiger partial charge in [0.2, 0.25) is 10.0 Å². The molecule has 1 unspecified atom stereocenters. The van der Waals surface area contributed by atoms with E-state index in [4.69, 9.17) is 9.84 Å². The van der Waals surface area contributed by atoms with E-state index in [-0.39, 0.29) is 13.0 Å². The second-order valence-electron chi connectivity index (χ2n) is 3.80. The average molecular weight is 303 g/mol. The van der Waals surface area contributed by atoms with Crippen LogP contribution in [0, 0.1) is 0 Å². The van der Waals surface area contributed by atoms with Crippen molar-refractivity contribution in [3.8, 4) is 0 Å². The van der Waals surface area contributed by atoms with E-state index in [0.29, 0.717) is 6.42 Å². The number of nitrogens with one attached hydrogen (secondary N) is 1. The average Bonchev–Trinajstić information content (AvgIpc) is 2.12. The fourth-order valence-corrected chi connectivity index (χ4v) is 4.38. The summed E-state index contributed by atoms with van der Waals surface area (Å²) >= 11 is 0. The number of rotatable bonds is 9. The lowest BCUT2D eigenvalue weighted by Crippen LogP contribution is -2.43. The van der Waals surface area contributed by atoms with Gasteiger partial charge in [-0.2, -0.15) is 0 Å². The van der Waals surface area contributed by atoms with Crippen molar-refractivity contribution in [2.24, 2.45) is 0 Å². The van der Waals surface area contributed by atoms with Crippen LogP contribution in [0.25, 0.3) is 0 Å². The molecular formula is C8H17NO7S2. The maximum atomic E-state index is 11.4. The van der Waals surface area contributed by atoms with Gasteiger partial charge in [-0.1, -0.05) is 0 Å². The monoisotopic (exact) mass is 303 g/mol. The smallest absolute Gasteiger partial charge is 0.321 e. The summed E-state index contributed by atoms with van der Waals surface area (Å²) in [6.07, 6.45) is 1.12. The number of carboxylic acid groups (broad SMARTS) is 1. The molecule has 2 N–H and O–H groups in total. The summed E-state index contributed by atoms with van der Waals surface area (Å²) in [6, 6.07) is -1.35. The molecule has 18 heavy (non-hydrogen) atoms. The molecule has 0 bridgehead atoms. The molecule has 1 atom stereocenters. The second-order valence-corrected chi connectivity index (χ2v) is 8.06. The van der Waals surface area contributed by atoms with Crippen molar-refractivity contribution in [2.45, 2.75) is 18.9 Å². The molecule has 0 fully saturated rings. The Balaban J connectivity index is 4.63. The van der Waals surface area contributed by atoms with Gasteiger partial charge in [0, 0.05) is 20.0 Å². The minimum atomic E-state index is -4.18. The van der Waals surface area contributed by atoms with Gasteiger partial charge in [0.05, 0.1) is 0 Å². The van der Waals surface area contributed by atoms with E-state index in [1.807, 2.05) is 4.72 Å². The van der Waals surface area contributed by atoms with Crippen molar-refractivity contribution in [3.63, 3.8) is 0 Å². The SMILES string of the molecule is COCCCC(NS(=O)(=O)CS(C)(=O)=O)C(=O)O. The first-order valence-electron chi connectivity index (χ1n) is 4.97. The van der Waals surface area contributed by atoms with Gasteiger partial charge in [-0.25, -0.2) is 21.6 Å². The molecule has 0 aromatic rings. The molecule has 0 heterocycles. The van der Waals surface area contributed by atoms with E-state index in [1.54, 1.807) is 0 Å². The van der Waals surface area contributed by atoms with E-state index >= 15 is 0 Å². The van der Waals surface area contributed by atoms with Gasteiger partial charge in [-0.15, -0.1) is 0 Å². The van der Waals surface area contributed by atoms with Crippen molar-refractivity contribution >= 4 is 25.8 Å². The Morgan fingerprint density at radius 2 is 1.89 bits per heavy atom. The Labute approximate surface area is 106 Å². The summed E-state index contributed by atoms with van der Waals surface area (Å²) in [7, 11) is -6.49. The Morgan fingerprint density at radius 1 is 1.33 bits per heavy atom. The molecule has 0 aromatic carbocycles. The maximum Gasteiger partial charge on any atom is 0.321 e. The first kappa shape index (κ1) is 17.3. The topological polar surface area (TPSA) is 127 Å². The van der Waals surface area contributed by atoms with Gasteiger partial charge < -0.3 is 9.84 Å². The molecule has 0 amide bonds. The number of hydrogen-bond acceptors (Lipinski definition) is 6. The van der Waals surface area contributed by atoms with Crippen LogP contribution in [0.4, 0.5) is 0 Å². The van der Waals surface area contributed by atoms with E-state index in [2.05, 4.69) is 0 Å². The van der Waals surface area contributed by atoms with Crippen molar-refractivity contribution in [1.29, 1.82) is 0 Å². The Morgan fingerprint density at radius 3 is 2.28 bits per heavy atom. The summed E-state index contributed by atoms with van der Waals surface area (Å²) < 4.78 is 51.1. The first-order valence-corrected chi connectivity index (χ1v) is 8.68. The third-order valence-corrected chi connectivity index (χ3v) is 5.43. The lowest BCUT2D eigenvalue weighted by Gasteiger charge is -2.13. The van der Waals surface area contributed by atoms with Crippen LogP contribution in [-0.2, 0) is 29.4 Å². The largest absolute Gasteiger partial charge is 0.480 e. The van der Waals surface area contributed by atoms with E-state index in [1.165, 1.54) is 7.11 Å². The number of hydrogen-bond donors (Lipinski definition) is 2. The lowest BCUT2D eigenvalue weighted by atomic mass is 10.2. The zero-order valence-electron chi connectivity index (χ0n) is 10.1. The molecule has 0 aliphatic carbocycles. The molecule has 0 radical (unpaired) electrons. The van der Waals surface area contributed by atoms with Crippen LogP contribution in [-0.4, -0.2) is 59.0 Å². The van der Waals surface area contributed by atoms with Gasteiger partial charge in [-0.3, -0.25) is 4.79 Å². The van der Waals surface area contributed by atoms with Gasteiger partial charge in [0.1, 0.15) is 6.04 Å². The molecule has 10 heteroatoms. The zero-order valence-corrected chi connectivity index (χ0v) is 11.8. The van der Waals surface area contributed by atoms with Crippen LogP contribution >= 0.6 is 0 Å². The van der Waals surface area contributed by atoms with Crippen LogP contribution in [0.1, 0.15) is 12.8 Å². The zero-order chi connectivity index (χ0) is 14.4. The minimum absolute atomic E-state index is 0.0200. The highest BCUT2D eigenvalue weighted by atomic mass is 32.3. The molecule has 108 valence electrons. The summed E-state index contributed by atoms with van der Waals surface area (Å²) in [6.45, 7) is 0.289. The van der Waals surface area contributed by atoms with Crippen molar-refractivity contribution in [1.82, 2.24) is 4.72 Å². The molecule has 0 aliphatic rings. The van der Waals surface area contributed by atoms with Crippen molar-refractivity contribution < 1.29 is 31.5 Å². The molecule has 0 spiro atoms. The first-order chi connectivity index (χ1) is 8.07. The minimum Gasteiger partial charge on any atom is -0.480 e. The quantitative estimate of drug-likeness (QED) is 0.511. The second kappa shape index (κ2) is 7.02. The Hall–Kier alpha value is -0.710. The van der Waals surface area contributed by atoms with Gasteiger partial charge >= 0.3 is 5.97 Å². The molecule has 8 nitrogen and oxygen atoms in total. The highest BCUT2D eigenvalue weighted by molar-refractivity contribution is 8.06. The summed E-state index contributed by atoms with van der Waals surface area (Å²) in [5.74, 6) is -1.36. The summed E-state index contributed by atoms with van der Waals surface area (Å²) in [5.41, 5.74) is 0. The highest BCUT2D eigenvalue weighted by Crippen LogP contribution is 2.02. The van der Waals surface area contributed by atoms with Crippen molar-refractivity contribution in [3.05, 3.63) is 0 Å². The van der Waals surface area contributed by atoms with Crippen molar-refractivity contribution in [2.75, 3.05) is 25.1 Å². The third-order valence-electron chi connectivity index (χ3n) is 1.83. The van der Waals surface area contributed by atoms with Gasteiger partial charge in [-0.05, 0) is 12.8 Å². The number of ether oxygens (including phenoxy) is 1. The standard InChI is InChI=1S/C8H17NO7S2/c1-16-5-3-4-7(8(10)11)9-18(14,15)6-17(2,12)13/h7,9H,3-6H2,1-2H3,(H,10,11). The maximum absolute atomic E-state index is 11.4. The summed E-state index contributed by atoms with van der Waals surface area (Å²) in [4.78, 5) is 10.8. The van der Waals surface area contributed by atoms with Crippen LogP contribution < -0.4 is 4.72 Å². The fraction of sp³-hybridized carbons (Fsp3) is 0.875. The molecule has 0 aromatic heterocycles. The number of aliphatic carboxylic acids is 1. The Kier molecular flexibility index (Phi) is 6.74. The van der Waals surface area contributed by atoms with Crippen LogP contribution in [0.15, 0.2) is 0 Å². The fourth-order valence-electron chi connectivity index (χ4n) is 1.20. The molecular weight excluding hydrogens is 286 g/mol. The predicted octanol–water partition coefficient (Wildman–Crippen LogP) is -1.21. The van der Waals surface area contributed by atoms with E-state index in [9.17, 15) is 21.6 Å². The van der Waals surface area contributed by atoms with Gasteiger partial charge in [0.15, 0.2) is 14.9 Å². The number of sulfone groups is 1. The van der Waals surface area contributed by atoms with Crippen LogP contribution in [0.5, 0.6) is 0 Å². The third kappa shape index (κ3) is 8.39. The normalized spacial score (nSPS) is 14.3. The van der Waals surface area contributed by atoms with Crippen LogP contribution in [0.2, 0.25) is 0 Å². The number of carboxylic acids is 1. The highest BCUT2D eigenvalue weighted by Gasteiger charge is 2.26. The van der Waals surface area contributed by atoms with Crippen LogP contribution in [0.3, 0.4) is 0 Å². The van der Waals surface area contributed by atoms with E-state index in [0.717, 1.165) is 6.26 Å². The number of methoxy groups -OCH3 is 1. The number of carbonyl (C=O) groups is 1. The van der Waals surface area contributed by atoms with Gasteiger partial charge in [0.25, 0.3) is 0 Å². The Bertz CT molecular complexity index is 468. The lowest BCUT2D eigenvalue weighted by molar-refractivity contribution is -0.139. The molecule has 0 saturated carbocycles.